The van der Waals surface area contributed by atoms with Gasteiger partial charge in [-0.15, -0.1) is 0 Å². The highest BCUT2D eigenvalue weighted by atomic mass is 32.1. The van der Waals surface area contributed by atoms with Gasteiger partial charge in [0.25, 0.3) is 5.91 Å². The number of hydrogen-bond acceptors (Lipinski definition) is 5. The van der Waals surface area contributed by atoms with Gasteiger partial charge in [-0.05, 0) is 36.4 Å². The van der Waals surface area contributed by atoms with Crippen LogP contribution in [0.25, 0.3) is 10.2 Å². The molecule has 0 saturated carbocycles. The van der Waals surface area contributed by atoms with Crippen LogP contribution in [0.1, 0.15) is 20.7 Å². The highest BCUT2D eigenvalue weighted by molar-refractivity contribution is 7.22. The lowest BCUT2D eigenvalue weighted by molar-refractivity contribution is 0.0601. The third-order valence-corrected chi connectivity index (χ3v) is 4.05. The van der Waals surface area contributed by atoms with Crippen molar-refractivity contribution in [3.05, 3.63) is 59.4 Å². The van der Waals surface area contributed by atoms with Crippen molar-refractivity contribution in [1.29, 1.82) is 0 Å². The minimum Gasteiger partial charge on any atom is -0.465 e. The molecule has 0 spiro atoms. The van der Waals surface area contributed by atoms with E-state index in [0.717, 1.165) is 10.8 Å². The van der Waals surface area contributed by atoms with E-state index in [1.807, 2.05) is 0 Å². The summed E-state index contributed by atoms with van der Waals surface area (Å²) in [7, 11) is 1.31. The smallest absolute Gasteiger partial charge is 0.337 e. The Labute approximate surface area is 134 Å². The molecule has 7 heteroatoms. The zero-order valence-corrected chi connectivity index (χ0v) is 12.8. The number of esters is 1. The summed E-state index contributed by atoms with van der Waals surface area (Å²) in [5.41, 5.74) is 1.27. The number of nitrogens with zero attached hydrogens (tertiary/aromatic N) is 1. The van der Waals surface area contributed by atoms with Crippen LogP contribution in [-0.4, -0.2) is 24.0 Å². The van der Waals surface area contributed by atoms with Gasteiger partial charge in [0.15, 0.2) is 5.13 Å². The molecule has 3 aromatic rings. The van der Waals surface area contributed by atoms with Crippen molar-refractivity contribution in [1.82, 2.24) is 4.98 Å². The number of hydrogen-bond donors (Lipinski definition) is 1. The summed E-state index contributed by atoms with van der Waals surface area (Å²) in [4.78, 5) is 27.9. The molecule has 1 amide bonds. The van der Waals surface area contributed by atoms with Crippen molar-refractivity contribution < 1.29 is 18.7 Å². The third kappa shape index (κ3) is 3.19. The van der Waals surface area contributed by atoms with Crippen molar-refractivity contribution in [3.63, 3.8) is 0 Å². The number of nitrogens with one attached hydrogen (secondary N) is 1. The summed E-state index contributed by atoms with van der Waals surface area (Å²) in [6, 6.07) is 10.3. The van der Waals surface area contributed by atoms with Crippen LogP contribution in [0.4, 0.5) is 9.52 Å². The molecule has 0 fully saturated rings. The van der Waals surface area contributed by atoms with E-state index >= 15 is 0 Å². The molecule has 1 N–H and O–H groups in total. The van der Waals surface area contributed by atoms with Gasteiger partial charge in [-0.25, -0.2) is 14.2 Å². The number of methoxy groups -OCH3 is 1. The Morgan fingerprint density at radius 2 is 2.00 bits per heavy atom. The topological polar surface area (TPSA) is 68.3 Å². The standard InChI is InChI=1S/C16H11FN2O3S/c1-22-15(21)10-5-6-12-13(8-10)23-16(18-12)19-14(20)9-3-2-4-11(17)7-9/h2-8H,1H3,(H,18,19,20). The van der Waals surface area contributed by atoms with E-state index < -0.39 is 17.7 Å². The van der Waals surface area contributed by atoms with Gasteiger partial charge in [-0.2, -0.15) is 0 Å². The van der Waals surface area contributed by atoms with Crippen molar-refractivity contribution in [2.24, 2.45) is 0 Å². The van der Waals surface area contributed by atoms with Gasteiger partial charge < -0.3 is 4.74 Å². The molecule has 0 aliphatic heterocycles. The quantitative estimate of drug-likeness (QED) is 0.747. The Hall–Kier alpha value is -2.80. The van der Waals surface area contributed by atoms with Crippen LogP contribution in [0.15, 0.2) is 42.5 Å². The van der Waals surface area contributed by atoms with Crippen molar-refractivity contribution in [3.8, 4) is 0 Å². The summed E-state index contributed by atoms with van der Waals surface area (Å²) >= 11 is 1.22. The minimum absolute atomic E-state index is 0.208. The zero-order chi connectivity index (χ0) is 16.4. The van der Waals surface area contributed by atoms with Gasteiger partial charge in [0, 0.05) is 5.56 Å². The molecule has 5 nitrogen and oxygen atoms in total. The van der Waals surface area contributed by atoms with E-state index in [-0.39, 0.29) is 5.56 Å². The SMILES string of the molecule is COC(=O)c1ccc2nc(NC(=O)c3cccc(F)c3)sc2c1. The Morgan fingerprint density at radius 3 is 2.74 bits per heavy atom. The van der Waals surface area contributed by atoms with Gasteiger partial charge in [0.2, 0.25) is 0 Å². The highest BCUT2D eigenvalue weighted by Gasteiger charge is 2.12. The Morgan fingerprint density at radius 1 is 1.17 bits per heavy atom. The second-order valence-corrected chi connectivity index (χ2v) is 5.69. The van der Waals surface area contributed by atoms with E-state index in [1.54, 1.807) is 18.2 Å². The summed E-state index contributed by atoms with van der Waals surface area (Å²) in [5, 5.41) is 2.99. The lowest BCUT2D eigenvalue weighted by Gasteiger charge is -2.00. The molecular weight excluding hydrogens is 319 g/mol. The van der Waals surface area contributed by atoms with Gasteiger partial charge in [0.05, 0.1) is 22.9 Å². The number of aromatic nitrogens is 1. The Bertz CT molecular complexity index is 907. The van der Waals surface area contributed by atoms with Crippen LogP contribution < -0.4 is 5.32 Å². The summed E-state index contributed by atoms with van der Waals surface area (Å²) < 4.78 is 18.6. The number of thiazole rings is 1. The van der Waals surface area contributed by atoms with Crippen LogP contribution in [0.2, 0.25) is 0 Å². The maximum atomic E-state index is 13.2. The lowest BCUT2D eigenvalue weighted by Crippen LogP contribution is -2.11. The predicted octanol–water partition coefficient (Wildman–Crippen LogP) is 3.47. The van der Waals surface area contributed by atoms with Crippen LogP contribution in [-0.2, 0) is 4.74 Å². The molecule has 1 heterocycles. The van der Waals surface area contributed by atoms with Crippen molar-refractivity contribution in [2.45, 2.75) is 0 Å². The van der Waals surface area contributed by atoms with Gasteiger partial charge in [0.1, 0.15) is 5.82 Å². The maximum absolute atomic E-state index is 13.2. The fourth-order valence-corrected chi connectivity index (χ4v) is 2.92. The third-order valence-electron chi connectivity index (χ3n) is 3.12. The van der Waals surface area contributed by atoms with Gasteiger partial charge in [-0.3, -0.25) is 10.1 Å². The minimum atomic E-state index is -0.482. The molecule has 0 atom stereocenters. The number of ether oxygens (including phenoxy) is 1. The summed E-state index contributed by atoms with van der Waals surface area (Å²) in [5.74, 6) is -1.37. The number of amides is 1. The van der Waals surface area contributed by atoms with E-state index in [4.69, 9.17) is 0 Å². The molecular formula is C16H11FN2O3S. The largest absolute Gasteiger partial charge is 0.465 e. The molecule has 0 saturated heterocycles. The second kappa shape index (κ2) is 6.13. The fourth-order valence-electron chi connectivity index (χ4n) is 2.02. The molecule has 1 aromatic heterocycles. The molecule has 116 valence electrons. The normalized spacial score (nSPS) is 10.5. The zero-order valence-electron chi connectivity index (χ0n) is 12.0. The predicted molar refractivity (Wildman–Crippen MR) is 85.3 cm³/mol. The molecule has 2 aromatic carbocycles. The molecule has 0 aliphatic rings. The average Bonchev–Trinajstić information content (AvgIpc) is 2.95. The van der Waals surface area contributed by atoms with Gasteiger partial charge >= 0.3 is 5.97 Å². The maximum Gasteiger partial charge on any atom is 0.337 e. The molecule has 0 unspecified atom stereocenters. The highest BCUT2D eigenvalue weighted by Crippen LogP contribution is 2.27. The van der Waals surface area contributed by atoms with Gasteiger partial charge in [-0.1, -0.05) is 17.4 Å². The first-order valence-electron chi connectivity index (χ1n) is 6.62. The van der Waals surface area contributed by atoms with Crippen molar-refractivity contribution >= 4 is 38.6 Å². The number of carbonyl (C=O) groups excluding carboxylic acids is 2. The number of carbonyl (C=O) groups is 2. The molecule has 0 aliphatic carbocycles. The number of rotatable bonds is 3. The number of fused-ring (bicyclic) bond motifs is 1. The Kier molecular flexibility index (Phi) is 4.03. The van der Waals surface area contributed by atoms with Crippen LogP contribution in [0.3, 0.4) is 0 Å². The average molecular weight is 330 g/mol. The van der Waals surface area contributed by atoms with Crippen LogP contribution >= 0.6 is 11.3 Å². The first kappa shape index (κ1) is 15.1. The van der Waals surface area contributed by atoms with Crippen LogP contribution in [0.5, 0.6) is 0 Å². The van der Waals surface area contributed by atoms with E-state index in [9.17, 15) is 14.0 Å². The van der Waals surface area contributed by atoms with E-state index in [2.05, 4.69) is 15.0 Å². The van der Waals surface area contributed by atoms with E-state index in [1.165, 1.54) is 36.6 Å². The Balaban J connectivity index is 1.86. The molecule has 23 heavy (non-hydrogen) atoms. The molecule has 0 radical (unpaired) electrons. The fraction of sp³-hybridized carbons (Fsp3) is 0.0625. The lowest BCUT2D eigenvalue weighted by atomic mass is 10.2. The summed E-state index contributed by atoms with van der Waals surface area (Å²) in [6.07, 6.45) is 0. The molecule has 3 rings (SSSR count). The van der Waals surface area contributed by atoms with Crippen molar-refractivity contribution in [2.75, 3.05) is 12.4 Å². The van der Waals surface area contributed by atoms with Crippen LogP contribution in [0, 0.1) is 5.82 Å². The monoisotopic (exact) mass is 330 g/mol. The number of benzene rings is 2. The first-order valence-corrected chi connectivity index (χ1v) is 7.44. The number of halogens is 1. The second-order valence-electron chi connectivity index (χ2n) is 4.66. The molecule has 0 bridgehead atoms. The first-order chi connectivity index (χ1) is 11.1. The summed E-state index contributed by atoms with van der Waals surface area (Å²) in [6.45, 7) is 0. The van der Waals surface area contributed by atoms with E-state index in [0.29, 0.717) is 16.2 Å². The number of anilines is 1.